The van der Waals surface area contributed by atoms with Crippen LogP contribution < -0.4 is 4.90 Å². The molecule has 0 N–H and O–H groups in total. The van der Waals surface area contributed by atoms with Gasteiger partial charge in [-0.05, 0) is 24.3 Å². The highest BCUT2D eigenvalue weighted by atomic mass is 16.2. The summed E-state index contributed by atoms with van der Waals surface area (Å²) < 4.78 is 0. The van der Waals surface area contributed by atoms with Crippen LogP contribution in [0.1, 0.15) is 10.4 Å². The molecule has 0 saturated heterocycles. The van der Waals surface area contributed by atoms with Crippen molar-refractivity contribution in [3.05, 3.63) is 54.2 Å². The zero-order valence-corrected chi connectivity index (χ0v) is 11.0. The van der Waals surface area contributed by atoms with Gasteiger partial charge in [0, 0.05) is 18.9 Å². The van der Waals surface area contributed by atoms with Crippen LogP contribution in [0.5, 0.6) is 0 Å². The molecule has 2 amide bonds. The predicted octanol–water partition coefficient (Wildman–Crippen LogP) is 1.83. The van der Waals surface area contributed by atoms with Crippen molar-refractivity contribution in [3.63, 3.8) is 0 Å². The molecule has 1 aliphatic heterocycles. The average Bonchev–Trinajstić information content (AvgIpc) is 2.60. The summed E-state index contributed by atoms with van der Waals surface area (Å²) in [5.41, 5.74) is 1.27. The first-order valence-corrected chi connectivity index (χ1v) is 6.27. The smallest absolute Gasteiger partial charge is 0.264 e. The van der Waals surface area contributed by atoms with E-state index in [1.54, 1.807) is 23.2 Å². The Morgan fingerprint density at radius 2 is 1.80 bits per heavy atom. The van der Waals surface area contributed by atoms with Gasteiger partial charge in [-0.15, -0.1) is 0 Å². The number of aromatic nitrogens is 1. The van der Waals surface area contributed by atoms with E-state index in [4.69, 9.17) is 0 Å². The van der Waals surface area contributed by atoms with E-state index >= 15 is 0 Å². The third kappa shape index (κ3) is 1.93. The van der Waals surface area contributed by atoms with Gasteiger partial charge in [0.05, 0.1) is 5.56 Å². The van der Waals surface area contributed by atoms with Crippen LogP contribution in [0.3, 0.4) is 0 Å². The molecule has 2 aromatic rings. The van der Waals surface area contributed by atoms with E-state index in [-0.39, 0.29) is 18.4 Å². The minimum Gasteiger partial charge on any atom is -0.316 e. The minimum absolute atomic E-state index is 0.0935. The lowest BCUT2D eigenvalue weighted by Gasteiger charge is -2.22. The molecule has 2 heterocycles. The van der Waals surface area contributed by atoms with Gasteiger partial charge in [0.15, 0.2) is 0 Å². The van der Waals surface area contributed by atoms with Gasteiger partial charge in [0.25, 0.3) is 5.91 Å². The van der Waals surface area contributed by atoms with Gasteiger partial charge < -0.3 is 4.90 Å². The van der Waals surface area contributed by atoms with Gasteiger partial charge in [-0.3, -0.25) is 14.5 Å². The third-order valence-corrected chi connectivity index (χ3v) is 3.31. The van der Waals surface area contributed by atoms with E-state index < -0.39 is 0 Å². The summed E-state index contributed by atoms with van der Waals surface area (Å²) in [5, 5.41) is 0. The molecular weight excluding hydrogens is 254 g/mol. The molecule has 5 nitrogen and oxygen atoms in total. The molecule has 0 fully saturated rings. The largest absolute Gasteiger partial charge is 0.316 e. The lowest BCUT2D eigenvalue weighted by molar-refractivity contribution is -0.125. The number of carbonyl (C=O) groups is 2. The van der Waals surface area contributed by atoms with E-state index in [1.807, 2.05) is 30.3 Å². The maximum Gasteiger partial charge on any atom is 0.264 e. The molecule has 5 heteroatoms. The molecule has 3 rings (SSSR count). The number of anilines is 2. The Morgan fingerprint density at radius 1 is 1.05 bits per heavy atom. The second-order valence-corrected chi connectivity index (χ2v) is 4.55. The number of amides is 2. The Bertz CT molecular complexity index is 670. The Morgan fingerprint density at radius 3 is 2.55 bits per heavy atom. The summed E-state index contributed by atoms with van der Waals surface area (Å²) in [7, 11) is 1.50. The summed E-state index contributed by atoms with van der Waals surface area (Å²) in [6.45, 7) is 0.0935. The van der Waals surface area contributed by atoms with Crippen molar-refractivity contribution in [3.8, 4) is 0 Å². The quantitative estimate of drug-likeness (QED) is 0.740. The second-order valence-electron chi connectivity index (χ2n) is 4.55. The van der Waals surface area contributed by atoms with E-state index in [9.17, 15) is 9.59 Å². The maximum atomic E-state index is 12.3. The zero-order valence-electron chi connectivity index (χ0n) is 11.0. The van der Waals surface area contributed by atoms with Gasteiger partial charge in [0.2, 0.25) is 5.91 Å². The van der Waals surface area contributed by atoms with Crippen LogP contribution in [-0.4, -0.2) is 35.3 Å². The van der Waals surface area contributed by atoms with Gasteiger partial charge in [-0.2, -0.15) is 0 Å². The van der Waals surface area contributed by atoms with Gasteiger partial charge in [-0.1, -0.05) is 18.2 Å². The van der Waals surface area contributed by atoms with Crippen LogP contribution in [0.2, 0.25) is 0 Å². The monoisotopic (exact) mass is 267 g/mol. The number of hydrogen-bond acceptors (Lipinski definition) is 4. The fourth-order valence-electron chi connectivity index (χ4n) is 2.21. The first-order chi connectivity index (χ1) is 9.68. The van der Waals surface area contributed by atoms with E-state index in [2.05, 4.69) is 4.98 Å². The van der Waals surface area contributed by atoms with Crippen LogP contribution in [0.15, 0.2) is 48.7 Å². The highest BCUT2D eigenvalue weighted by Crippen LogP contribution is 2.29. The number of para-hydroxylation sites is 1. The number of rotatable bonds is 1. The summed E-state index contributed by atoms with van der Waals surface area (Å²) >= 11 is 0. The molecule has 0 atom stereocenters. The molecule has 20 heavy (non-hydrogen) atoms. The standard InChI is InChI=1S/C15H13N3O2/c1-17-13(19)10-18(11-6-3-2-4-7-11)14-12(15(17)20)8-5-9-16-14/h2-9H,10H2,1H3. The van der Waals surface area contributed by atoms with Crippen molar-refractivity contribution in [2.24, 2.45) is 0 Å². The van der Waals surface area contributed by atoms with E-state index in [0.717, 1.165) is 10.6 Å². The summed E-state index contributed by atoms with van der Waals surface area (Å²) in [4.78, 5) is 31.6. The fraction of sp³-hybridized carbons (Fsp3) is 0.133. The second kappa shape index (κ2) is 4.77. The summed E-state index contributed by atoms with van der Waals surface area (Å²) in [5.74, 6) is -0.0604. The molecule has 0 radical (unpaired) electrons. The van der Waals surface area contributed by atoms with Gasteiger partial charge in [0.1, 0.15) is 12.4 Å². The number of hydrogen-bond donors (Lipinski definition) is 0. The average molecular weight is 267 g/mol. The van der Waals surface area contributed by atoms with Crippen LogP contribution in [-0.2, 0) is 4.79 Å². The van der Waals surface area contributed by atoms with Crippen molar-refractivity contribution in [2.75, 3.05) is 18.5 Å². The number of carbonyl (C=O) groups excluding carboxylic acids is 2. The highest BCUT2D eigenvalue weighted by Gasteiger charge is 2.30. The Balaban J connectivity index is 2.18. The highest BCUT2D eigenvalue weighted by molar-refractivity contribution is 6.11. The summed E-state index contributed by atoms with van der Waals surface area (Å²) in [6, 6.07) is 12.8. The maximum absolute atomic E-state index is 12.3. The normalized spacial score (nSPS) is 15.1. The Hall–Kier alpha value is -2.69. The summed E-state index contributed by atoms with van der Waals surface area (Å²) in [6.07, 6.45) is 1.62. The molecule has 0 saturated carbocycles. The number of pyridine rings is 1. The number of benzene rings is 1. The topological polar surface area (TPSA) is 53.5 Å². The van der Waals surface area contributed by atoms with Crippen molar-refractivity contribution >= 4 is 23.3 Å². The molecule has 1 aliphatic rings. The number of nitrogens with zero attached hydrogens (tertiary/aromatic N) is 3. The van der Waals surface area contributed by atoms with E-state index in [0.29, 0.717) is 11.4 Å². The van der Waals surface area contributed by atoms with Crippen molar-refractivity contribution in [1.29, 1.82) is 0 Å². The van der Waals surface area contributed by atoms with Crippen LogP contribution in [0, 0.1) is 0 Å². The van der Waals surface area contributed by atoms with Crippen LogP contribution in [0.25, 0.3) is 0 Å². The van der Waals surface area contributed by atoms with Crippen LogP contribution >= 0.6 is 0 Å². The van der Waals surface area contributed by atoms with Gasteiger partial charge in [-0.25, -0.2) is 4.98 Å². The number of imide groups is 1. The lowest BCUT2D eigenvalue weighted by atomic mass is 10.2. The molecular formula is C15H13N3O2. The van der Waals surface area contributed by atoms with Gasteiger partial charge >= 0.3 is 0 Å². The predicted molar refractivity (Wildman–Crippen MR) is 74.8 cm³/mol. The SMILES string of the molecule is CN1C(=O)CN(c2ccccc2)c2ncccc2C1=O. The molecule has 0 spiro atoms. The van der Waals surface area contributed by atoms with Crippen molar-refractivity contribution < 1.29 is 9.59 Å². The molecule has 0 bridgehead atoms. The first kappa shape index (κ1) is 12.3. The van der Waals surface area contributed by atoms with Crippen molar-refractivity contribution in [1.82, 2.24) is 9.88 Å². The molecule has 1 aromatic carbocycles. The third-order valence-electron chi connectivity index (χ3n) is 3.31. The van der Waals surface area contributed by atoms with Crippen LogP contribution in [0.4, 0.5) is 11.5 Å². The minimum atomic E-state index is -0.323. The molecule has 100 valence electrons. The zero-order chi connectivity index (χ0) is 14.1. The van der Waals surface area contributed by atoms with E-state index in [1.165, 1.54) is 7.05 Å². The van der Waals surface area contributed by atoms with Crippen molar-refractivity contribution in [2.45, 2.75) is 0 Å². The Labute approximate surface area is 116 Å². The fourth-order valence-corrected chi connectivity index (χ4v) is 2.21. The molecule has 0 unspecified atom stereocenters. The lowest BCUT2D eigenvalue weighted by Crippen LogP contribution is -2.36. The molecule has 0 aliphatic carbocycles. The first-order valence-electron chi connectivity index (χ1n) is 6.27. The number of likely N-dealkylation sites (N-methyl/N-ethyl adjacent to an activating group) is 1. The molecule has 1 aromatic heterocycles. The number of fused-ring (bicyclic) bond motifs is 1. The Kier molecular flexibility index (Phi) is 2.95.